The zero-order valence-corrected chi connectivity index (χ0v) is 23.1. The van der Waals surface area contributed by atoms with E-state index in [9.17, 15) is 36.2 Å². The van der Waals surface area contributed by atoms with Crippen LogP contribution >= 0.6 is 0 Å². The van der Waals surface area contributed by atoms with E-state index in [0.717, 1.165) is 18.3 Å². The van der Waals surface area contributed by atoms with Gasteiger partial charge in [0.15, 0.2) is 11.3 Å². The Bertz CT molecular complexity index is 1630. The summed E-state index contributed by atoms with van der Waals surface area (Å²) < 4.78 is 88.2. The van der Waals surface area contributed by atoms with E-state index < -0.39 is 42.2 Å². The molecule has 1 aliphatic rings. The highest BCUT2D eigenvalue weighted by Gasteiger charge is 2.39. The summed E-state index contributed by atoms with van der Waals surface area (Å²) in [6.07, 6.45) is -8.28. The number of ether oxygens (including phenoxy) is 1. The van der Waals surface area contributed by atoms with Gasteiger partial charge in [0.05, 0.1) is 37.2 Å². The highest BCUT2D eigenvalue weighted by Crippen LogP contribution is 2.37. The molecule has 43 heavy (non-hydrogen) atoms. The summed E-state index contributed by atoms with van der Waals surface area (Å²) in [6.45, 7) is 1.51. The molecule has 0 saturated carbocycles. The number of methoxy groups -OCH3 is 1. The standard InChI is InChI=1S/C29H27F6N5O3/c1-17-24(18-6-8-21(43-2)9-7-18)37-26-22(15-36-40(26)25(17)29(33,34)35)27(42)39-12-10-38(11-13-39)23(16-41)19-4-3-5-20(14-19)28(30,31)32/h3-9,14-15,23,41H,10-13,16H2,1-2H3/t23-/m1/s1. The Morgan fingerprint density at radius 1 is 1.00 bits per heavy atom. The Kier molecular flexibility index (Phi) is 8.09. The number of carbonyl (C=O) groups excluding carboxylic acids is 1. The third-order valence-corrected chi connectivity index (χ3v) is 7.56. The minimum atomic E-state index is -4.80. The number of carbonyl (C=O) groups is 1. The van der Waals surface area contributed by atoms with Crippen LogP contribution < -0.4 is 4.74 Å². The van der Waals surface area contributed by atoms with E-state index in [1.807, 2.05) is 0 Å². The lowest BCUT2D eigenvalue weighted by molar-refractivity contribution is -0.143. The topological polar surface area (TPSA) is 83.2 Å². The van der Waals surface area contributed by atoms with Crippen molar-refractivity contribution in [3.8, 4) is 17.0 Å². The van der Waals surface area contributed by atoms with Crippen LogP contribution in [0.2, 0.25) is 0 Å². The molecule has 0 spiro atoms. The summed E-state index contributed by atoms with van der Waals surface area (Å²) in [5.41, 5.74) is -1.72. The Labute approximate surface area is 242 Å². The van der Waals surface area contributed by atoms with Crippen LogP contribution in [0.15, 0.2) is 54.7 Å². The molecule has 4 aromatic rings. The molecular weight excluding hydrogens is 580 g/mol. The van der Waals surface area contributed by atoms with Crippen LogP contribution in [0.4, 0.5) is 26.3 Å². The molecule has 0 aliphatic carbocycles. The van der Waals surface area contributed by atoms with Gasteiger partial charge in [-0.1, -0.05) is 12.1 Å². The number of halogens is 6. The molecule has 0 radical (unpaired) electrons. The fourth-order valence-electron chi connectivity index (χ4n) is 5.35. The predicted molar refractivity (Wildman–Crippen MR) is 143 cm³/mol. The zero-order chi connectivity index (χ0) is 31.1. The minimum absolute atomic E-state index is 0.0359. The van der Waals surface area contributed by atoms with Crippen LogP contribution in [-0.2, 0) is 12.4 Å². The lowest BCUT2D eigenvalue weighted by Crippen LogP contribution is -2.50. The minimum Gasteiger partial charge on any atom is -0.497 e. The van der Waals surface area contributed by atoms with Gasteiger partial charge >= 0.3 is 12.4 Å². The first kappa shape index (κ1) is 30.3. The van der Waals surface area contributed by atoms with Gasteiger partial charge in [-0.3, -0.25) is 9.69 Å². The molecule has 3 heterocycles. The molecule has 1 atom stereocenters. The van der Waals surface area contributed by atoms with Gasteiger partial charge in [-0.15, -0.1) is 0 Å². The number of piperazine rings is 1. The van der Waals surface area contributed by atoms with Crippen molar-refractivity contribution >= 4 is 11.6 Å². The van der Waals surface area contributed by atoms with E-state index in [1.54, 1.807) is 29.2 Å². The zero-order valence-electron chi connectivity index (χ0n) is 23.1. The molecule has 8 nitrogen and oxygen atoms in total. The molecule has 228 valence electrons. The van der Waals surface area contributed by atoms with Crippen LogP contribution in [-0.4, -0.2) is 75.3 Å². The van der Waals surface area contributed by atoms with Crippen LogP contribution in [0.25, 0.3) is 16.9 Å². The quantitative estimate of drug-likeness (QED) is 0.302. The van der Waals surface area contributed by atoms with Gasteiger partial charge in [0.1, 0.15) is 11.3 Å². The summed E-state index contributed by atoms with van der Waals surface area (Å²) in [4.78, 5) is 21.2. The molecule has 5 rings (SSSR count). The van der Waals surface area contributed by atoms with E-state index in [2.05, 4.69) is 10.1 Å². The molecule has 1 N–H and O–H groups in total. The molecule has 1 saturated heterocycles. The number of benzene rings is 2. The maximum Gasteiger partial charge on any atom is 0.433 e. The Morgan fingerprint density at radius 2 is 1.67 bits per heavy atom. The number of alkyl halides is 6. The van der Waals surface area contributed by atoms with Gasteiger partial charge in [-0.05, 0) is 48.9 Å². The molecule has 1 fully saturated rings. The lowest BCUT2D eigenvalue weighted by atomic mass is 10.0. The van der Waals surface area contributed by atoms with Gasteiger partial charge in [0, 0.05) is 37.3 Å². The number of nitrogens with zero attached hydrogens (tertiary/aromatic N) is 5. The number of rotatable bonds is 6. The smallest absolute Gasteiger partial charge is 0.433 e. The first-order chi connectivity index (χ1) is 20.3. The molecule has 1 amide bonds. The maximum absolute atomic E-state index is 14.2. The van der Waals surface area contributed by atoms with Gasteiger partial charge in [-0.2, -0.15) is 31.4 Å². The molecule has 0 bridgehead atoms. The van der Waals surface area contributed by atoms with E-state index in [4.69, 9.17) is 4.74 Å². The number of aliphatic hydroxyl groups excluding tert-OH is 1. The monoisotopic (exact) mass is 607 g/mol. The first-order valence-electron chi connectivity index (χ1n) is 13.2. The second-order valence-electron chi connectivity index (χ2n) is 10.1. The largest absolute Gasteiger partial charge is 0.497 e. The average Bonchev–Trinajstić information content (AvgIpc) is 3.39. The second kappa shape index (κ2) is 11.5. The lowest BCUT2D eigenvalue weighted by Gasteiger charge is -2.39. The summed E-state index contributed by atoms with van der Waals surface area (Å²) in [6, 6.07) is 10.3. The van der Waals surface area contributed by atoms with Gasteiger partial charge in [0.25, 0.3) is 5.91 Å². The molecular formula is C29H27F6N5O3. The summed E-state index contributed by atoms with van der Waals surface area (Å²) >= 11 is 0. The molecule has 2 aromatic heterocycles. The number of aromatic nitrogens is 3. The Morgan fingerprint density at radius 3 is 2.26 bits per heavy atom. The normalized spacial score (nSPS) is 15.6. The van der Waals surface area contributed by atoms with Crippen LogP contribution in [0.5, 0.6) is 5.75 Å². The van der Waals surface area contributed by atoms with E-state index in [-0.39, 0.29) is 54.2 Å². The van der Waals surface area contributed by atoms with E-state index >= 15 is 0 Å². The van der Waals surface area contributed by atoms with Crippen molar-refractivity contribution in [1.29, 1.82) is 0 Å². The van der Waals surface area contributed by atoms with Gasteiger partial charge < -0.3 is 14.7 Å². The third kappa shape index (κ3) is 5.89. The van der Waals surface area contributed by atoms with Crippen molar-refractivity contribution in [1.82, 2.24) is 24.4 Å². The predicted octanol–water partition coefficient (Wildman–Crippen LogP) is 5.24. The number of hydrogen-bond acceptors (Lipinski definition) is 6. The van der Waals surface area contributed by atoms with Crippen molar-refractivity contribution in [2.75, 3.05) is 39.9 Å². The number of fused-ring (bicyclic) bond motifs is 1. The van der Waals surface area contributed by atoms with Crippen molar-refractivity contribution in [3.63, 3.8) is 0 Å². The van der Waals surface area contributed by atoms with Crippen molar-refractivity contribution in [2.45, 2.75) is 25.3 Å². The maximum atomic E-state index is 14.2. The fourth-order valence-corrected chi connectivity index (χ4v) is 5.35. The van der Waals surface area contributed by atoms with E-state index in [1.165, 1.54) is 31.1 Å². The van der Waals surface area contributed by atoms with Crippen LogP contribution in [0, 0.1) is 6.92 Å². The van der Waals surface area contributed by atoms with E-state index in [0.29, 0.717) is 15.8 Å². The van der Waals surface area contributed by atoms with Crippen molar-refractivity contribution < 1.29 is 41.0 Å². The fraction of sp³-hybridized carbons (Fsp3) is 0.345. The van der Waals surface area contributed by atoms with Gasteiger partial charge in [-0.25, -0.2) is 9.50 Å². The molecule has 2 aromatic carbocycles. The van der Waals surface area contributed by atoms with Crippen LogP contribution in [0.3, 0.4) is 0 Å². The highest BCUT2D eigenvalue weighted by atomic mass is 19.4. The van der Waals surface area contributed by atoms with Gasteiger partial charge in [0.2, 0.25) is 0 Å². The molecule has 0 unspecified atom stereocenters. The molecule has 14 heteroatoms. The Hall–Kier alpha value is -4.17. The molecule has 1 aliphatic heterocycles. The first-order valence-corrected chi connectivity index (χ1v) is 13.2. The summed E-state index contributed by atoms with van der Waals surface area (Å²) in [5, 5.41) is 13.9. The second-order valence-corrected chi connectivity index (χ2v) is 10.1. The third-order valence-electron chi connectivity index (χ3n) is 7.56. The highest BCUT2D eigenvalue weighted by molar-refractivity contribution is 6.00. The van der Waals surface area contributed by atoms with Crippen molar-refractivity contribution in [2.24, 2.45) is 0 Å². The van der Waals surface area contributed by atoms with Crippen LogP contribution in [0.1, 0.15) is 38.8 Å². The number of aliphatic hydroxyl groups is 1. The summed E-state index contributed by atoms with van der Waals surface area (Å²) in [7, 11) is 1.46. The number of amides is 1. The Balaban J connectivity index is 1.43. The SMILES string of the molecule is COc1ccc(-c2nc3c(C(=O)N4CCN([C@H](CO)c5cccc(C(F)(F)F)c5)CC4)cnn3c(C(F)(F)F)c2C)cc1. The summed E-state index contributed by atoms with van der Waals surface area (Å²) in [5.74, 6) is -0.0752. The average molecular weight is 608 g/mol. The number of hydrogen-bond donors (Lipinski definition) is 1. The van der Waals surface area contributed by atoms with Crippen molar-refractivity contribution in [3.05, 3.63) is 82.7 Å².